The van der Waals surface area contributed by atoms with Crippen LogP contribution in [0.5, 0.6) is 5.75 Å². The van der Waals surface area contributed by atoms with Crippen molar-refractivity contribution in [2.24, 2.45) is 5.92 Å². The molecule has 0 spiro atoms. The van der Waals surface area contributed by atoms with Crippen molar-refractivity contribution in [3.63, 3.8) is 0 Å². The number of aromatic nitrogens is 1. The van der Waals surface area contributed by atoms with Crippen LogP contribution in [0.25, 0.3) is 10.9 Å². The topological polar surface area (TPSA) is 77.6 Å². The summed E-state index contributed by atoms with van der Waals surface area (Å²) in [6.45, 7) is 3.78. The summed E-state index contributed by atoms with van der Waals surface area (Å²) in [6.07, 6.45) is 1.83. The number of H-pyrrole nitrogens is 1. The van der Waals surface area contributed by atoms with Crippen LogP contribution in [-0.2, 0) is 19.1 Å². The molecular weight excluding hydrogens is 370 g/mol. The Hall–Kier alpha value is -3.28. The Kier molecular flexibility index (Phi) is 6.54. The summed E-state index contributed by atoms with van der Waals surface area (Å²) in [5.74, 6) is -2.31. The number of hydrogen-bond acceptors (Lipinski definition) is 5. The van der Waals surface area contributed by atoms with E-state index in [9.17, 15) is 9.59 Å². The van der Waals surface area contributed by atoms with Crippen LogP contribution in [-0.4, -0.2) is 37.2 Å². The molecule has 0 amide bonds. The largest absolute Gasteiger partial charge is 0.497 e. The first kappa shape index (κ1) is 20.5. The highest BCUT2D eigenvalue weighted by molar-refractivity contribution is 5.98. The van der Waals surface area contributed by atoms with Gasteiger partial charge in [-0.05, 0) is 43.2 Å². The molecule has 152 valence electrons. The Morgan fingerprint density at radius 2 is 1.66 bits per heavy atom. The molecule has 1 N–H and O–H groups in total. The lowest BCUT2D eigenvalue weighted by Gasteiger charge is -2.25. The van der Waals surface area contributed by atoms with Crippen molar-refractivity contribution in [2.75, 3.05) is 20.3 Å². The molecule has 0 aliphatic rings. The summed E-state index contributed by atoms with van der Waals surface area (Å²) in [5, 5.41) is 0.930. The maximum absolute atomic E-state index is 12.9. The average molecular weight is 395 g/mol. The van der Waals surface area contributed by atoms with E-state index in [0.29, 0.717) is 5.75 Å². The molecule has 1 atom stereocenters. The molecule has 1 heterocycles. The minimum absolute atomic E-state index is 0.174. The number of para-hydroxylation sites is 1. The van der Waals surface area contributed by atoms with Crippen LogP contribution in [0.15, 0.2) is 54.7 Å². The summed E-state index contributed by atoms with van der Waals surface area (Å²) in [6, 6.07) is 15.1. The van der Waals surface area contributed by atoms with E-state index in [2.05, 4.69) is 4.98 Å². The summed E-state index contributed by atoms with van der Waals surface area (Å²) in [4.78, 5) is 29.0. The highest BCUT2D eigenvalue weighted by Gasteiger charge is 2.40. The first-order valence-corrected chi connectivity index (χ1v) is 9.63. The van der Waals surface area contributed by atoms with Crippen LogP contribution in [0.4, 0.5) is 0 Å². The van der Waals surface area contributed by atoms with Gasteiger partial charge in [-0.2, -0.15) is 0 Å². The molecule has 1 aromatic heterocycles. The number of methoxy groups -OCH3 is 1. The molecule has 6 heteroatoms. The fraction of sp³-hybridized carbons (Fsp3) is 0.304. The van der Waals surface area contributed by atoms with E-state index in [1.807, 2.05) is 54.7 Å². The third kappa shape index (κ3) is 4.26. The van der Waals surface area contributed by atoms with Crippen molar-refractivity contribution >= 4 is 22.8 Å². The number of fused-ring (bicyclic) bond motifs is 1. The average Bonchev–Trinajstić information content (AvgIpc) is 3.16. The predicted octanol–water partition coefficient (Wildman–Crippen LogP) is 4.05. The van der Waals surface area contributed by atoms with Crippen molar-refractivity contribution in [1.82, 2.24) is 4.98 Å². The van der Waals surface area contributed by atoms with Gasteiger partial charge >= 0.3 is 11.9 Å². The van der Waals surface area contributed by atoms with Crippen molar-refractivity contribution in [1.29, 1.82) is 0 Å². The molecule has 29 heavy (non-hydrogen) atoms. The van der Waals surface area contributed by atoms with Crippen molar-refractivity contribution in [3.8, 4) is 5.75 Å². The minimum atomic E-state index is -1.14. The zero-order valence-electron chi connectivity index (χ0n) is 16.8. The number of hydrogen-bond donors (Lipinski definition) is 1. The summed E-state index contributed by atoms with van der Waals surface area (Å²) in [5.41, 5.74) is 2.50. The maximum Gasteiger partial charge on any atom is 0.321 e. The van der Waals surface area contributed by atoms with E-state index in [1.54, 1.807) is 21.0 Å². The van der Waals surface area contributed by atoms with Crippen molar-refractivity contribution in [2.45, 2.75) is 19.8 Å². The molecule has 0 aliphatic heterocycles. The van der Waals surface area contributed by atoms with Crippen LogP contribution in [0.1, 0.15) is 30.9 Å². The maximum atomic E-state index is 12.9. The normalized spacial score (nSPS) is 12.0. The smallest absolute Gasteiger partial charge is 0.321 e. The number of aromatic amines is 1. The lowest BCUT2D eigenvalue weighted by Crippen LogP contribution is -2.34. The van der Waals surface area contributed by atoms with Gasteiger partial charge in [-0.3, -0.25) is 9.59 Å². The van der Waals surface area contributed by atoms with Gasteiger partial charge in [0.05, 0.1) is 20.3 Å². The van der Waals surface area contributed by atoms with Gasteiger partial charge in [-0.1, -0.05) is 30.3 Å². The zero-order chi connectivity index (χ0) is 20.8. The van der Waals surface area contributed by atoms with Gasteiger partial charge in [0.25, 0.3) is 0 Å². The first-order valence-electron chi connectivity index (χ1n) is 9.63. The van der Waals surface area contributed by atoms with Gasteiger partial charge in [0.1, 0.15) is 5.75 Å². The third-order valence-electron chi connectivity index (χ3n) is 4.82. The summed E-state index contributed by atoms with van der Waals surface area (Å²) in [7, 11) is 1.58. The number of nitrogens with one attached hydrogen (secondary N) is 1. The molecule has 3 rings (SSSR count). The van der Waals surface area contributed by atoms with Gasteiger partial charge in [-0.25, -0.2) is 0 Å². The van der Waals surface area contributed by atoms with E-state index in [4.69, 9.17) is 14.2 Å². The molecule has 1 unspecified atom stereocenters. The second-order valence-corrected chi connectivity index (χ2v) is 6.53. The zero-order valence-corrected chi connectivity index (χ0v) is 16.8. The molecule has 3 aromatic rings. The van der Waals surface area contributed by atoms with Crippen LogP contribution in [0, 0.1) is 5.92 Å². The van der Waals surface area contributed by atoms with Crippen molar-refractivity contribution < 1.29 is 23.8 Å². The molecule has 0 aliphatic carbocycles. The predicted molar refractivity (Wildman–Crippen MR) is 110 cm³/mol. The number of carbonyl (C=O) groups excluding carboxylic acids is 2. The SMILES string of the molecule is CCOC(=O)C(C(=O)OCC)C(c1cccc(OC)c1)c1c[nH]c2ccccc12. The first-order chi connectivity index (χ1) is 14.1. The lowest BCUT2D eigenvalue weighted by molar-refractivity contribution is -0.162. The number of benzene rings is 2. The van der Waals surface area contributed by atoms with Crippen LogP contribution < -0.4 is 4.74 Å². The highest BCUT2D eigenvalue weighted by Crippen LogP contribution is 2.39. The molecule has 0 saturated carbocycles. The standard InChI is InChI=1S/C23H25NO5/c1-4-28-22(25)21(23(26)29-5-2)20(15-9-8-10-16(13-15)27-3)18-14-24-19-12-7-6-11-17(18)19/h6-14,20-21,24H,4-5H2,1-3H3. The Morgan fingerprint density at radius 1 is 0.966 bits per heavy atom. The van der Waals surface area contributed by atoms with Crippen LogP contribution in [0.2, 0.25) is 0 Å². The molecule has 0 saturated heterocycles. The second-order valence-electron chi connectivity index (χ2n) is 6.53. The molecule has 0 bridgehead atoms. The lowest BCUT2D eigenvalue weighted by atomic mass is 9.80. The fourth-order valence-corrected chi connectivity index (χ4v) is 3.57. The van der Waals surface area contributed by atoms with E-state index in [0.717, 1.165) is 22.0 Å². The highest BCUT2D eigenvalue weighted by atomic mass is 16.6. The second kappa shape index (κ2) is 9.28. The molecule has 6 nitrogen and oxygen atoms in total. The van der Waals surface area contributed by atoms with E-state index in [-0.39, 0.29) is 13.2 Å². The van der Waals surface area contributed by atoms with Gasteiger partial charge in [-0.15, -0.1) is 0 Å². The number of esters is 2. The Balaban J connectivity index is 2.22. The van der Waals surface area contributed by atoms with Crippen LogP contribution >= 0.6 is 0 Å². The molecule has 2 aromatic carbocycles. The molecule has 0 fully saturated rings. The third-order valence-corrected chi connectivity index (χ3v) is 4.82. The molecular formula is C23H25NO5. The fourth-order valence-electron chi connectivity index (χ4n) is 3.57. The quantitative estimate of drug-likeness (QED) is 0.460. The van der Waals surface area contributed by atoms with E-state index in [1.165, 1.54) is 0 Å². The van der Waals surface area contributed by atoms with Crippen molar-refractivity contribution in [3.05, 3.63) is 65.9 Å². The summed E-state index contributed by atoms with van der Waals surface area (Å²) < 4.78 is 15.9. The number of carbonyl (C=O) groups is 2. The summed E-state index contributed by atoms with van der Waals surface area (Å²) >= 11 is 0. The Labute approximate surface area is 169 Å². The van der Waals surface area contributed by atoms with E-state index >= 15 is 0 Å². The molecule has 0 radical (unpaired) electrons. The van der Waals surface area contributed by atoms with Crippen LogP contribution in [0.3, 0.4) is 0 Å². The van der Waals surface area contributed by atoms with Gasteiger partial charge < -0.3 is 19.2 Å². The number of rotatable bonds is 8. The van der Waals surface area contributed by atoms with Gasteiger partial charge in [0, 0.05) is 23.0 Å². The monoisotopic (exact) mass is 395 g/mol. The van der Waals surface area contributed by atoms with Gasteiger partial charge in [0.15, 0.2) is 5.92 Å². The Morgan fingerprint density at radius 3 is 2.31 bits per heavy atom. The van der Waals surface area contributed by atoms with Gasteiger partial charge in [0.2, 0.25) is 0 Å². The van der Waals surface area contributed by atoms with E-state index < -0.39 is 23.8 Å². The number of ether oxygens (including phenoxy) is 3. The Bertz CT molecular complexity index is 976. The minimum Gasteiger partial charge on any atom is -0.497 e.